The maximum absolute atomic E-state index is 12.2. The average molecular weight is 377 g/mol. The lowest BCUT2D eigenvalue weighted by molar-refractivity contribution is -0.146. The van der Waals surface area contributed by atoms with Gasteiger partial charge >= 0.3 is 18.0 Å². The zero-order valence-electron chi connectivity index (χ0n) is 15.3. The molecule has 0 bridgehead atoms. The molecule has 1 fully saturated rings. The molecule has 1 aromatic rings. The van der Waals surface area contributed by atoms with Crippen LogP contribution in [0.1, 0.15) is 12.5 Å². The van der Waals surface area contributed by atoms with E-state index in [1.807, 2.05) is 30.3 Å². The highest BCUT2D eigenvalue weighted by atomic mass is 16.5. The van der Waals surface area contributed by atoms with Crippen LogP contribution in [-0.2, 0) is 30.5 Å². The van der Waals surface area contributed by atoms with Gasteiger partial charge in [0, 0.05) is 26.6 Å². The fraction of sp³-hybridized carbons (Fsp3) is 0.444. The summed E-state index contributed by atoms with van der Waals surface area (Å²) in [5.74, 6) is -1.50. The van der Waals surface area contributed by atoms with E-state index in [0.717, 1.165) is 10.5 Å². The average Bonchev–Trinajstić information content (AvgIpc) is 3.04. The van der Waals surface area contributed by atoms with Crippen LogP contribution < -0.4 is 5.32 Å². The van der Waals surface area contributed by atoms with Crippen molar-refractivity contribution in [3.63, 3.8) is 0 Å². The Hall–Kier alpha value is -2.94. The number of benzene rings is 1. The Labute approximate surface area is 157 Å². The van der Waals surface area contributed by atoms with Crippen molar-refractivity contribution >= 4 is 23.9 Å². The summed E-state index contributed by atoms with van der Waals surface area (Å²) in [6, 6.07) is 7.83. The normalized spacial score (nSPS) is 14.8. The number of hydrogen-bond acceptors (Lipinski definition) is 7. The summed E-state index contributed by atoms with van der Waals surface area (Å²) >= 11 is 0. The third kappa shape index (κ3) is 5.78. The highest BCUT2D eigenvalue weighted by molar-refractivity contribution is 5.95. The van der Waals surface area contributed by atoms with Crippen LogP contribution in [0, 0.1) is 0 Å². The van der Waals surface area contributed by atoms with Gasteiger partial charge in [-0.3, -0.25) is 24.6 Å². The summed E-state index contributed by atoms with van der Waals surface area (Å²) in [6.07, 6.45) is 0. The Balaban J connectivity index is 1.85. The smallest absolute Gasteiger partial charge is 0.326 e. The van der Waals surface area contributed by atoms with Gasteiger partial charge in [-0.05, 0) is 5.56 Å². The van der Waals surface area contributed by atoms with Crippen LogP contribution in [0.2, 0.25) is 0 Å². The van der Waals surface area contributed by atoms with E-state index >= 15 is 0 Å². The Bertz CT molecular complexity index is 694. The number of hydrogen-bond donors (Lipinski definition) is 1. The van der Waals surface area contributed by atoms with Gasteiger partial charge in [0.05, 0.1) is 13.7 Å². The molecule has 0 aromatic heterocycles. The van der Waals surface area contributed by atoms with Gasteiger partial charge in [0.15, 0.2) is 0 Å². The molecule has 0 radical (unpaired) electrons. The number of nitrogens with one attached hydrogen (secondary N) is 1. The highest BCUT2D eigenvalue weighted by Crippen LogP contribution is 2.10. The Morgan fingerprint density at radius 1 is 1.19 bits per heavy atom. The molecular weight excluding hydrogens is 354 g/mol. The predicted molar refractivity (Wildman–Crippen MR) is 94.4 cm³/mol. The van der Waals surface area contributed by atoms with Gasteiger partial charge in [-0.2, -0.15) is 0 Å². The van der Waals surface area contributed by atoms with E-state index in [-0.39, 0.29) is 32.1 Å². The third-order valence-electron chi connectivity index (χ3n) is 4.10. The van der Waals surface area contributed by atoms with Gasteiger partial charge in [-0.15, -0.1) is 0 Å². The largest absolute Gasteiger partial charge is 0.468 e. The van der Waals surface area contributed by atoms with Crippen LogP contribution >= 0.6 is 0 Å². The molecule has 1 saturated heterocycles. The third-order valence-corrected chi connectivity index (χ3v) is 4.10. The van der Waals surface area contributed by atoms with Crippen LogP contribution in [-0.4, -0.2) is 73.0 Å². The van der Waals surface area contributed by atoms with Crippen LogP contribution in [0.3, 0.4) is 0 Å². The lowest BCUT2D eigenvalue weighted by Gasteiger charge is -2.22. The summed E-state index contributed by atoms with van der Waals surface area (Å²) in [5.41, 5.74) is 0.849. The van der Waals surface area contributed by atoms with Crippen molar-refractivity contribution < 1.29 is 28.7 Å². The summed E-state index contributed by atoms with van der Waals surface area (Å²) in [5, 5.41) is 2.75. The van der Waals surface area contributed by atoms with Gasteiger partial charge in [-0.25, -0.2) is 4.79 Å². The number of ether oxygens (including phenoxy) is 2. The minimum atomic E-state index is -0.907. The number of amides is 3. The van der Waals surface area contributed by atoms with Crippen LogP contribution in [0.25, 0.3) is 0 Å². The molecule has 1 aliphatic rings. The van der Waals surface area contributed by atoms with Gasteiger partial charge in [0.1, 0.15) is 12.6 Å². The SMILES string of the molecule is COC(=O)[C@H](CN1CCN(C(C)=O)C1=O)NCC(=O)OCc1ccccc1. The molecule has 0 unspecified atom stereocenters. The molecule has 146 valence electrons. The van der Waals surface area contributed by atoms with E-state index in [2.05, 4.69) is 5.32 Å². The van der Waals surface area contributed by atoms with Crippen LogP contribution in [0.4, 0.5) is 4.79 Å². The first-order valence-corrected chi connectivity index (χ1v) is 8.50. The molecule has 1 N–H and O–H groups in total. The van der Waals surface area contributed by atoms with Crippen molar-refractivity contribution in [2.45, 2.75) is 19.6 Å². The van der Waals surface area contributed by atoms with Gasteiger partial charge in [0.25, 0.3) is 0 Å². The van der Waals surface area contributed by atoms with Gasteiger partial charge < -0.3 is 14.4 Å². The van der Waals surface area contributed by atoms with E-state index in [0.29, 0.717) is 6.54 Å². The molecule has 0 spiro atoms. The summed E-state index contributed by atoms with van der Waals surface area (Å²) in [7, 11) is 1.22. The number of carbonyl (C=O) groups excluding carboxylic acids is 4. The molecule has 3 amide bonds. The van der Waals surface area contributed by atoms with E-state index in [1.165, 1.54) is 18.9 Å². The standard InChI is InChI=1S/C18H23N3O6/c1-13(22)21-9-8-20(18(21)25)11-15(17(24)26-2)19-10-16(23)27-12-14-6-4-3-5-7-14/h3-7,15,19H,8-12H2,1-2H3/t15-/m0/s1. The van der Waals surface area contributed by atoms with Crippen molar-refractivity contribution in [3.8, 4) is 0 Å². The first kappa shape index (κ1) is 20.4. The van der Waals surface area contributed by atoms with Crippen molar-refractivity contribution in [2.24, 2.45) is 0 Å². The van der Waals surface area contributed by atoms with Gasteiger partial charge in [0.2, 0.25) is 5.91 Å². The highest BCUT2D eigenvalue weighted by Gasteiger charge is 2.34. The van der Waals surface area contributed by atoms with E-state index in [1.54, 1.807) is 0 Å². The predicted octanol–water partition coefficient (Wildman–Crippen LogP) is 0.145. The second-order valence-electron chi connectivity index (χ2n) is 6.00. The van der Waals surface area contributed by atoms with E-state index < -0.39 is 24.0 Å². The molecule has 27 heavy (non-hydrogen) atoms. The number of nitrogens with zero attached hydrogens (tertiary/aromatic N) is 2. The first-order valence-electron chi connectivity index (χ1n) is 8.50. The molecule has 9 heteroatoms. The van der Waals surface area contributed by atoms with E-state index in [9.17, 15) is 19.2 Å². The maximum atomic E-state index is 12.2. The van der Waals surface area contributed by atoms with Gasteiger partial charge in [-0.1, -0.05) is 30.3 Å². The van der Waals surface area contributed by atoms with Crippen molar-refractivity contribution in [1.29, 1.82) is 0 Å². The lowest BCUT2D eigenvalue weighted by atomic mass is 10.2. The zero-order valence-corrected chi connectivity index (χ0v) is 15.3. The Morgan fingerprint density at radius 3 is 2.48 bits per heavy atom. The summed E-state index contributed by atoms with van der Waals surface area (Å²) < 4.78 is 9.87. The number of urea groups is 1. The fourth-order valence-electron chi connectivity index (χ4n) is 2.62. The Kier molecular flexibility index (Phi) is 7.30. The minimum Gasteiger partial charge on any atom is -0.468 e. The second kappa shape index (κ2) is 9.67. The zero-order chi connectivity index (χ0) is 19.8. The summed E-state index contributed by atoms with van der Waals surface area (Å²) in [4.78, 5) is 49.9. The van der Waals surface area contributed by atoms with Crippen molar-refractivity contribution in [3.05, 3.63) is 35.9 Å². The van der Waals surface area contributed by atoms with Crippen molar-refractivity contribution in [2.75, 3.05) is 33.3 Å². The minimum absolute atomic E-state index is 0.0126. The topological polar surface area (TPSA) is 105 Å². The molecule has 0 saturated carbocycles. The van der Waals surface area contributed by atoms with E-state index in [4.69, 9.17) is 9.47 Å². The number of methoxy groups -OCH3 is 1. The molecule has 0 aliphatic carbocycles. The first-order chi connectivity index (χ1) is 12.9. The molecule has 1 aromatic carbocycles. The number of rotatable bonds is 8. The summed E-state index contributed by atoms with van der Waals surface area (Å²) in [6.45, 7) is 1.78. The maximum Gasteiger partial charge on any atom is 0.326 e. The molecule has 1 heterocycles. The molecular formula is C18H23N3O6. The molecule has 1 aliphatic heterocycles. The van der Waals surface area contributed by atoms with Crippen LogP contribution in [0.15, 0.2) is 30.3 Å². The number of esters is 2. The number of carbonyl (C=O) groups is 4. The molecule has 1 atom stereocenters. The van der Waals surface area contributed by atoms with Crippen LogP contribution in [0.5, 0.6) is 0 Å². The lowest BCUT2D eigenvalue weighted by Crippen LogP contribution is -2.49. The molecule has 2 rings (SSSR count). The quantitative estimate of drug-likeness (QED) is 0.643. The monoisotopic (exact) mass is 377 g/mol. The Morgan fingerprint density at radius 2 is 1.89 bits per heavy atom. The van der Waals surface area contributed by atoms with Crippen molar-refractivity contribution in [1.82, 2.24) is 15.1 Å². The second-order valence-corrected chi connectivity index (χ2v) is 6.00. The molecule has 9 nitrogen and oxygen atoms in total. The fourth-order valence-corrected chi connectivity index (χ4v) is 2.62. The number of imide groups is 1.